The molecule has 3 nitrogen and oxygen atoms in total. The monoisotopic (exact) mass is 284 g/mol. The number of hydrogen-bond donors (Lipinski definition) is 2. The van der Waals surface area contributed by atoms with Crippen molar-refractivity contribution in [3.8, 4) is 0 Å². The highest BCUT2D eigenvalue weighted by molar-refractivity contribution is 9.10. The lowest BCUT2D eigenvalue weighted by Crippen LogP contribution is -2.41. The number of carbonyl (C=O) groups excluding carboxylic acids is 1. The summed E-state index contributed by atoms with van der Waals surface area (Å²) in [6.45, 7) is 4.55. The topological polar surface area (TPSA) is 55.1 Å². The molecule has 0 radical (unpaired) electrons. The molecule has 4 heteroatoms. The summed E-state index contributed by atoms with van der Waals surface area (Å²) in [6, 6.07) is 7.85. The molecule has 0 aromatic heterocycles. The van der Waals surface area contributed by atoms with Crippen LogP contribution in [-0.4, -0.2) is 12.5 Å². The van der Waals surface area contributed by atoms with Crippen molar-refractivity contribution < 1.29 is 4.79 Å². The van der Waals surface area contributed by atoms with Gasteiger partial charge < -0.3 is 11.1 Å². The van der Waals surface area contributed by atoms with Crippen molar-refractivity contribution in [2.75, 3.05) is 6.54 Å². The highest BCUT2D eigenvalue weighted by Crippen LogP contribution is 2.14. The molecule has 1 aromatic rings. The highest BCUT2D eigenvalue weighted by Gasteiger charge is 2.25. The van der Waals surface area contributed by atoms with E-state index >= 15 is 0 Å². The van der Waals surface area contributed by atoms with Gasteiger partial charge in [-0.25, -0.2) is 0 Å². The van der Waals surface area contributed by atoms with Gasteiger partial charge in [0.05, 0.1) is 5.41 Å². The molecular formula is C12H17BrN2O. The van der Waals surface area contributed by atoms with Crippen molar-refractivity contribution in [2.45, 2.75) is 20.4 Å². The Morgan fingerprint density at radius 3 is 2.75 bits per heavy atom. The van der Waals surface area contributed by atoms with Crippen molar-refractivity contribution in [3.05, 3.63) is 34.3 Å². The second-order valence-electron chi connectivity index (χ2n) is 4.40. The largest absolute Gasteiger partial charge is 0.352 e. The van der Waals surface area contributed by atoms with Gasteiger partial charge in [-0.15, -0.1) is 0 Å². The Balaban J connectivity index is 2.56. The van der Waals surface area contributed by atoms with Gasteiger partial charge in [-0.2, -0.15) is 0 Å². The lowest BCUT2D eigenvalue weighted by atomic mass is 9.92. The number of rotatable bonds is 4. The minimum atomic E-state index is -0.508. The number of benzene rings is 1. The predicted octanol–water partition coefficient (Wildman–Crippen LogP) is 2.05. The highest BCUT2D eigenvalue weighted by atomic mass is 79.9. The van der Waals surface area contributed by atoms with Crippen molar-refractivity contribution in [2.24, 2.45) is 11.1 Å². The van der Waals surface area contributed by atoms with Crippen LogP contribution in [-0.2, 0) is 11.3 Å². The molecule has 0 saturated carbocycles. The van der Waals surface area contributed by atoms with E-state index in [1.165, 1.54) is 0 Å². The summed E-state index contributed by atoms with van der Waals surface area (Å²) in [6.07, 6.45) is 0. The van der Waals surface area contributed by atoms with Crippen LogP contribution >= 0.6 is 15.9 Å². The Bertz CT molecular complexity index is 377. The molecule has 0 spiro atoms. The molecule has 1 rings (SSSR count). The molecule has 0 fully saturated rings. The molecule has 0 bridgehead atoms. The Morgan fingerprint density at radius 2 is 2.19 bits per heavy atom. The third-order valence-corrected chi connectivity index (χ3v) is 2.96. The van der Waals surface area contributed by atoms with E-state index < -0.39 is 5.41 Å². The number of hydrogen-bond acceptors (Lipinski definition) is 2. The first kappa shape index (κ1) is 13.2. The fraction of sp³-hybridized carbons (Fsp3) is 0.417. The van der Waals surface area contributed by atoms with Crippen molar-refractivity contribution in [3.63, 3.8) is 0 Å². The summed E-state index contributed by atoms with van der Waals surface area (Å²) in [7, 11) is 0. The second kappa shape index (κ2) is 5.46. The first-order valence-electron chi connectivity index (χ1n) is 5.18. The summed E-state index contributed by atoms with van der Waals surface area (Å²) in [4.78, 5) is 11.8. The van der Waals surface area contributed by atoms with E-state index in [2.05, 4.69) is 21.2 Å². The van der Waals surface area contributed by atoms with Crippen LogP contribution in [0.3, 0.4) is 0 Å². The van der Waals surface area contributed by atoms with Crippen LogP contribution in [0.25, 0.3) is 0 Å². The van der Waals surface area contributed by atoms with Crippen LogP contribution in [0, 0.1) is 5.41 Å². The van der Waals surface area contributed by atoms with Crippen LogP contribution in [0.5, 0.6) is 0 Å². The van der Waals surface area contributed by atoms with Crippen LogP contribution in [0.4, 0.5) is 0 Å². The fourth-order valence-electron chi connectivity index (χ4n) is 1.16. The minimum Gasteiger partial charge on any atom is -0.352 e. The van der Waals surface area contributed by atoms with Gasteiger partial charge in [0.25, 0.3) is 0 Å². The molecule has 3 N–H and O–H groups in total. The molecule has 16 heavy (non-hydrogen) atoms. The van der Waals surface area contributed by atoms with E-state index in [0.717, 1.165) is 10.0 Å². The lowest BCUT2D eigenvalue weighted by Gasteiger charge is -2.21. The van der Waals surface area contributed by atoms with Gasteiger partial charge in [0.1, 0.15) is 0 Å². The summed E-state index contributed by atoms with van der Waals surface area (Å²) < 4.78 is 1.01. The van der Waals surface area contributed by atoms with E-state index in [1.54, 1.807) is 0 Å². The van der Waals surface area contributed by atoms with Crippen LogP contribution in [0.15, 0.2) is 28.7 Å². The average molecular weight is 285 g/mol. The Labute approximate surface area is 105 Å². The van der Waals surface area contributed by atoms with Gasteiger partial charge in [-0.05, 0) is 31.5 Å². The second-order valence-corrected chi connectivity index (χ2v) is 5.32. The number of halogens is 1. The Morgan fingerprint density at radius 1 is 1.50 bits per heavy atom. The van der Waals surface area contributed by atoms with Crippen molar-refractivity contribution in [1.29, 1.82) is 0 Å². The molecule has 0 atom stereocenters. The SMILES string of the molecule is CC(C)(CN)C(=O)NCc1cccc(Br)c1. The molecule has 1 amide bonds. The summed E-state index contributed by atoms with van der Waals surface area (Å²) in [5.74, 6) is -0.0185. The van der Waals surface area contributed by atoms with Crippen molar-refractivity contribution in [1.82, 2.24) is 5.32 Å². The summed E-state index contributed by atoms with van der Waals surface area (Å²) in [5, 5.41) is 2.88. The quantitative estimate of drug-likeness (QED) is 0.889. The zero-order valence-corrected chi connectivity index (χ0v) is 11.2. The Kier molecular flexibility index (Phi) is 4.50. The standard InChI is InChI=1S/C12H17BrN2O/c1-12(2,8-14)11(16)15-7-9-4-3-5-10(13)6-9/h3-6H,7-8,14H2,1-2H3,(H,15,16). The van der Waals surface area contributed by atoms with E-state index in [9.17, 15) is 4.79 Å². The first-order chi connectivity index (χ1) is 7.45. The maximum absolute atomic E-state index is 11.8. The molecule has 88 valence electrons. The van der Waals surface area contributed by atoms with E-state index in [0.29, 0.717) is 13.1 Å². The first-order valence-corrected chi connectivity index (χ1v) is 5.98. The Hall–Kier alpha value is -0.870. The zero-order chi connectivity index (χ0) is 12.2. The third-order valence-electron chi connectivity index (χ3n) is 2.47. The molecule has 0 aliphatic carbocycles. The van der Waals surface area contributed by atoms with Gasteiger partial charge in [0, 0.05) is 17.6 Å². The van der Waals surface area contributed by atoms with Gasteiger partial charge in [0.2, 0.25) is 5.91 Å². The van der Waals surface area contributed by atoms with Crippen LogP contribution < -0.4 is 11.1 Å². The molecule has 1 aromatic carbocycles. The van der Waals surface area contributed by atoms with Crippen LogP contribution in [0.1, 0.15) is 19.4 Å². The lowest BCUT2D eigenvalue weighted by molar-refractivity contribution is -0.129. The third kappa shape index (κ3) is 3.61. The van der Waals surface area contributed by atoms with Gasteiger partial charge >= 0.3 is 0 Å². The number of nitrogens with one attached hydrogen (secondary N) is 1. The molecule has 0 heterocycles. The molecule has 0 aliphatic rings. The molecule has 0 aliphatic heterocycles. The molecular weight excluding hydrogens is 268 g/mol. The van der Waals surface area contributed by atoms with Gasteiger partial charge in [-0.3, -0.25) is 4.79 Å². The van der Waals surface area contributed by atoms with Gasteiger partial charge in [0.15, 0.2) is 0 Å². The maximum Gasteiger partial charge on any atom is 0.227 e. The zero-order valence-electron chi connectivity index (χ0n) is 9.59. The molecule has 0 unspecified atom stereocenters. The maximum atomic E-state index is 11.8. The number of nitrogens with two attached hydrogens (primary N) is 1. The average Bonchev–Trinajstić information content (AvgIpc) is 2.26. The minimum absolute atomic E-state index is 0.0185. The smallest absolute Gasteiger partial charge is 0.227 e. The predicted molar refractivity (Wildman–Crippen MR) is 68.8 cm³/mol. The normalized spacial score (nSPS) is 11.2. The van der Waals surface area contributed by atoms with Crippen molar-refractivity contribution >= 4 is 21.8 Å². The summed E-state index contributed by atoms with van der Waals surface area (Å²) in [5.41, 5.74) is 6.09. The molecule has 0 saturated heterocycles. The van der Waals surface area contributed by atoms with Crippen LogP contribution in [0.2, 0.25) is 0 Å². The van der Waals surface area contributed by atoms with E-state index in [4.69, 9.17) is 5.73 Å². The van der Waals surface area contributed by atoms with E-state index in [-0.39, 0.29) is 5.91 Å². The fourth-order valence-corrected chi connectivity index (χ4v) is 1.61. The van der Waals surface area contributed by atoms with Gasteiger partial charge in [-0.1, -0.05) is 28.1 Å². The van der Waals surface area contributed by atoms with E-state index in [1.807, 2.05) is 38.1 Å². The summed E-state index contributed by atoms with van der Waals surface area (Å²) >= 11 is 3.39. The number of carbonyl (C=O) groups is 1. The number of amides is 1.